The van der Waals surface area contributed by atoms with Gasteiger partial charge >= 0.3 is 0 Å². The maximum absolute atomic E-state index is 6.26. The highest BCUT2D eigenvalue weighted by Gasteiger charge is 2.23. The topological polar surface area (TPSA) is 65.0 Å². The fourth-order valence-corrected chi connectivity index (χ4v) is 6.41. The van der Waals surface area contributed by atoms with Crippen LogP contribution in [0.1, 0.15) is 23.3 Å². The van der Waals surface area contributed by atoms with E-state index in [4.69, 9.17) is 23.8 Å². The van der Waals surface area contributed by atoms with Crippen LogP contribution < -0.4 is 0 Å². The molecule has 1 aliphatic rings. The zero-order valence-corrected chi connectivity index (χ0v) is 23.7. The van der Waals surface area contributed by atoms with E-state index in [1.807, 2.05) is 72.8 Å². The second-order valence-corrected chi connectivity index (χ2v) is 11.1. The molecule has 5 heteroatoms. The molecule has 3 heterocycles. The summed E-state index contributed by atoms with van der Waals surface area (Å²) in [6, 6.07) is 41.0. The largest absolute Gasteiger partial charge is 0.460 e. The van der Waals surface area contributed by atoms with Crippen molar-refractivity contribution < 1.29 is 8.83 Å². The van der Waals surface area contributed by atoms with Crippen LogP contribution in [-0.2, 0) is 6.42 Å². The van der Waals surface area contributed by atoms with E-state index in [0.717, 1.165) is 73.8 Å². The number of benzene rings is 5. The van der Waals surface area contributed by atoms with Gasteiger partial charge in [0.05, 0.1) is 0 Å². The van der Waals surface area contributed by atoms with Gasteiger partial charge < -0.3 is 8.83 Å². The minimum Gasteiger partial charge on any atom is -0.460 e. The number of hydrogen-bond acceptors (Lipinski definition) is 5. The maximum atomic E-state index is 6.26. The summed E-state index contributed by atoms with van der Waals surface area (Å²) in [5, 5.41) is 3.18. The highest BCUT2D eigenvalue weighted by Crippen LogP contribution is 2.40. The molecule has 208 valence electrons. The minimum absolute atomic E-state index is 0.608. The van der Waals surface area contributed by atoms with E-state index in [-0.39, 0.29) is 0 Å². The Hall–Kier alpha value is -5.81. The Kier molecular flexibility index (Phi) is 5.56. The van der Waals surface area contributed by atoms with Gasteiger partial charge in [-0.25, -0.2) is 15.0 Å². The van der Waals surface area contributed by atoms with Crippen LogP contribution in [0.15, 0.2) is 136 Å². The number of allylic oxidation sites excluding steroid dienone is 1. The molecule has 5 aromatic carbocycles. The molecule has 3 aromatic heterocycles. The van der Waals surface area contributed by atoms with Gasteiger partial charge in [0.2, 0.25) is 0 Å². The van der Waals surface area contributed by atoms with E-state index in [2.05, 4.69) is 54.6 Å². The SMILES string of the molecule is C1=C(c2cccc(-c3nc(-c4ccccc4)nc(-c4cccc5oc6ccccc6c45)n3)c2)c2c(oc3ccccc23)CC1. The summed E-state index contributed by atoms with van der Waals surface area (Å²) in [5.74, 6) is 2.90. The second-order valence-electron chi connectivity index (χ2n) is 11.1. The van der Waals surface area contributed by atoms with Crippen molar-refractivity contribution in [2.45, 2.75) is 12.8 Å². The summed E-state index contributed by atoms with van der Waals surface area (Å²) in [4.78, 5) is 15.1. The molecule has 8 aromatic rings. The number of fused-ring (bicyclic) bond motifs is 6. The normalized spacial score (nSPS) is 13.0. The molecule has 0 radical (unpaired) electrons. The minimum atomic E-state index is 0.608. The van der Waals surface area contributed by atoms with Gasteiger partial charge in [-0.2, -0.15) is 0 Å². The van der Waals surface area contributed by atoms with Crippen LogP contribution in [0, 0.1) is 0 Å². The van der Waals surface area contributed by atoms with Crippen molar-refractivity contribution in [1.82, 2.24) is 15.0 Å². The Morgan fingerprint density at radius 2 is 1.14 bits per heavy atom. The van der Waals surface area contributed by atoms with Crippen LogP contribution in [0.3, 0.4) is 0 Å². The van der Waals surface area contributed by atoms with Crippen molar-refractivity contribution in [3.8, 4) is 34.2 Å². The molecule has 0 saturated carbocycles. The zero-order chi connectivity index (χ0) is 29.0. The van der Waals surface area contributed by atoms with Gasteiger partial charge in [-0.15, -0.1) is 0 Å². The standard InChI is InChI=1S/C39H25N3O2/c1-2-11-24(12-3-1)37-40-38(42-39(41-37)30-18-10-22-34-36(30)29-16-5-7-20-32(29)44-34)26-14-8-13-25(23-26)27-17-9-21-33-35(27)28-15-4-6-19-31(28)43-33/h1-8,10-20,22-23H,9,21H2. The molecule has 9 rings (SSSR count). The third-order valence-corrected chi connectivity index (χ3v) is 8.40. The third-order valence-electron chi connectivity index (χ3n) is 8.40. The quantitative estimate of drug-likeness (QED) is 0.212. The molecule has 0 N–H and O–H groups in total. The lowest BCUT2D eigenvalue weighted by atomic mass is 9.89. The molecule has 0 amide bonds. The van der Waals surface area contributed by atoms with Crippen LogP contribution in [0.2, 0.25) is 0 Å². The average molecular weight is 568 g/mol. The lowest BCUT2D eigenvalue weighted by Gasteiger charge is -2.15. The number of aryl methyl sites for hydroxylation is 1. The summed E-state index contributed by atoms with van der Waals surface area (Å²) in [7, 11) is 0. The number of furan rings is 2. The van der Waals surface area contributed by atoms with Gasteiger partial charge in [-0.3, -0.25) is 0 Å². The van der Waals surface area contributed by atoms with Crippen LogP contribution in [0.4, 0.5) is 0 Å². The molecule has 0 spiro atoms. The number of rotatable bonds is 4. The van der Waals surface area contributed by atoms with Gasteiger partial charge in [0, 0.05) is 44.8 Å². The molecular weight excluding hydrogens is 542 g/mol. The van der Waals surface area contributed by atoms with E-state index >= 15 is 0 Å². The molecule has 0 fully saturated rings. The van der Waals surface area contributed by atoms with Crippen LogP contribution >= 0.6 is 0 Å². The smallest absolute Gasteiger partial charge is 0.164 e. The van der Waals surface area contributed by atoms with E-state index in [9.17, 15) is 0 Å². The van der Waals surface area contributed by atoms with E-state index < -0.39 is 0 Å². The van der Waals surface area contributed by atoms with E-state index in [1.54, 1.807) is 0 Å². The molecule has 5 nitrogen and oxygen atoms in total. The van der Waals surface area contributed by atoms with Crippen LogP contribution in [0.5, 0.6) is 0 Å². The van der Waals surface area contributed by atoms with Crippen molar-refractivity contribution in [2.75, 3.05) is 0 Å². The summed E-state index contributed by atoms with van der Waals surface area (Å²) >= 11 is 0. The number of aromatic nitrogens is 3. The lowest BCUT2D eigenvalue weighted by Crippen LogP contribution is -2.01. The first-order valence-corrected chi connectivity index (χ1v) is 14.8. The monoisotopic (exact) mass is 567 g/mol. The van der Waals surface area contributed by atoms with Crippen molar-refractivity contribution >= 4 is 38.5 Å². The predicted molar refractivity (Wildman–Crippen MR) is 175 cm³/mol. The summed E-state index contributed by atoms with van der Waals surface area (Å²) in [6.07, 6.45) is 4.16. The fourth-order valence-electron chi connectivity index (χ4n) is 6.41. The summed E-state index contributed by atoms with van der Waals surface area (Å²) in [5.41, 5.74) is 8.82. The Bertz CT molecular complexity index is 2400. The molecule has 0 atom stereocenters. The fraction of sp³-hybridized carbons (Fsp3) is 0.0513. The second kappa shape index (κ2) is 9.89. The third kappa shape index (κ3) is 3.97. The predicted octanol–water partition coefficient (Wildman–Crippen LogP) is 9.90. The van der Waals surface area contributed by atoms with E-state index in [0.29, 0.717) is 17.5 Å². The van der Waals surface area contributed by atoms with Crippen molar-refractivity contribution in [2.24, 2.45) is 0 Å². The summed E-state index contributed by atoms with van der Waals surface area (Å²) in [6.45, 7) is 0. The number of nitrogens with zero attached hydrogens (tertiary/aromatic N) is 3. The lowest BCUT2D eigenvalue weighted by molar-refractivity contribution is 0.545. The molecule has 0 aliphatic heterocycles. The molecule has 44 heavy (non-hydrogen) atoms. The van der Waals surface area contributed by atoms with Gasteiger partial charge in [-0.05, 0) is 41.8 Å². The van der Waals surface area contributed by atoms with Gasteiger partial charge in [0.25, 0.3) is 0 Å². The maximum Gasteiger partial charge on any atom is 0.164 e. The first-order valence-electron chi connectivity index (χ1n) is 14.8. The van der Waals surface area contributed by atoms with Crippen molar-refractivity contribution in [3.05, 3.63) is 144 Å². The molecule has 0 unspecified atom stereocenters. The van der Waals surface area contributed by atoms with Gasteiger partial charge in [0.1, 0.15) is 22.5 Å². The molecule has 0 saturated heterocycles. The van der Waals surface area contributed by atoms with Crippen molar-refractivity contribution in [3.63, 3.8) is 0 Å². The van der Waals surface area contributed by atoms with Crippen LogP contribution in [-0.4, -0.2) is 15.0 Å². The Morgan fingerprint density at radius 1 is 0.500 bits per heavy atom. The first-order chi connectivity index (χ1) is 21.8. The first kappa shape index (κ1) is 24.8. The van der Waals surface area contributed by atoms with Crippen molar-refractivity contribution in [1.29, 1.82) is 0 Å². The number of para-hydroxylation sites is 2. The average Bonchev–Trinajstić information content (AvgIpc) is 3.67. The Balaban J connectivity index is 1.24. The number of hydrogen-bond donors (Lipinski definition) is 0. The molecule has 1 aliphatic carbocycles. The Labute approximate surface area is 253 Å². The Morgan fingerprint density at radius 3 is 2.00 bits per heavy atom. The van der Waals surface area contributed by atoms with Gasteiger partial charge in [-0.1, -0.05) is 103 Å². The van der Waals surface area contributed by atoms with Crippen LogP contribution in [0.25, 0.3) is 72.6 Å². The van der Waals surface area contributed by atoms with E-state index in [1.165, 1.54) is 11.1 Å². The highest BCUT2D eigenvalue weighted by molar-refractivity contribution is 6.11. The highest BCUT2D eigenvalue weighted by atomic mass is 16.3. The zero-order valence-electron chi connectivity index (χ0n) is 23.7. The summed E-state index contributed by atoms with van der Waals surface area (Å²) < 4.78 is 12.5. The molecule has 0 bridgehead atoms. The van der Waals surface area contributed by atoms with Gasteiger partial charge in [0.15, 0.2) is 17.5 Å². The molecular formula is C39H25N3O2.